The molecule has 0 spiro atoms. The predicted molar refractivity (Wildman–Crippen MR) is 102 cm³/mol. The molecule has 25 heavy (non-hydrogen) atoms. The van der Waals surface area contributed by atoms with E-state index in [-0.39, 0.29) is 29.8 Å². The Labute approximate surface area is 157 Å². The lowest BCUT2D eigenvalue weighted by atomic mass is 9.54. The van der Waals surface area contributed by atoms with E-state index in [1.165, 1.54) is 0 Å². The maximum Gasteiger partial charge on any atom is 0.241 e. The first-order valence-electron chi connectivity index (χ1n) is 8.67. The van der Waals surface area contributed by atoms with Crippen molar-refractivity contribution in [2.45, 2.75) is 59.2 Å². The molecular weight excluding hydrogens is 340 g/mol. The Morgan fingerprint density at radius 3 is 2.56 bits per heavy atom. The van der Waals surface area contributed by atoms with E-state index >= 15 is 0 Å². The van der Waals surface area contributed by atoms with Crippen LogP contribution in [-0.2, 0) is 16.1 Å². The number of benzene rings is 1. The molecular formula is C19H31ClN2O3. The van der Waals surface area contributed by atoms with Gasteiger partial charge in [-0.25, -0.2) is 0 Å². The zero-order chi connectivity index (χ0) is 18.0. The summed E-state index contributed by atoms with van der Waals surface area (Å²) in [4.78, 5) is 12.7. The van der Waals surface area contributed by atoms with Crippen LogP contribution < -0.4 is 15.8 Å². The molecule has 0 radical (unpaired) electrons. The maximum atomic E-state index is 12.7. The van der Waals surface area contributed by atoms with Crippen LogP contribution in [0.4, 0.5) is 0 Å². The van der Waals surface area contributed by atoms with Crippen molar-refractivity contribution in [3.05, 3.63) is 29.3 Å². The SMILES string of the molecule is CCOc1cc(C)ccc1CNC(=O)C1(N)CC(OCC)C1(C)C.Cl. The van der Waals surface area contributed by atoms with Gasteiger partial charge >= 0.3 is 0 Å². The van der Waals surface area contributed by atoms with Crippen molar-refractivity contribution in [3.63, 3.8) is 0 Å². The molecule has 0 heterocycles. The molecule has 0 aromatic heterocycles. The van der Waals surface area contributed by atoms with Gasteiger partial charge < -0.3 is 20.5 Å². The lowest BCUT2D eigenvalue weighted by Crippen LogP contribution is -2.75. The van der Waals surface area contributed by atoms with E-state index in [4.69, 9.17) is 15.2 Å². The van der Waals surface area contributed by atoms with Crippen molar-refractivity contribution in [1.29, 1.82) is 0 Å². The van der Waals surface area contributed by atoms with Gasteiger partial charge in [-0.15, -0.1) is 12.4 Å². The molecule has 0 saturated heterocycles. The van der Waals surface area contributed by atoms with Crippen molar-refractivity contribution in [2.75, 3.05) is 13.2 Å². The van der Waals surface area contributed by atoms with Crippen LogP contribution in [0, 0.1) is 12.3 Å². The third-order valence-electron chi connectivity index (χ3n) is 5.20. The number of amides is 1. The number of aryl methyl sites for hydroxylation is 1. The first kappa shape index (κ1) is 21.7. The molecule has 6 heteroatoms. The number of halogens is 1. The standard InChI is InChI=1S/C19H30N2O3.ClH/c1-6-23-15-10-13(3)8-9-14(15)12-21-17(22)19(20)11-16(24-7-2)18(19,4)5;/h8-10,16H,6-7,11-12,20H2,1-5H3,(H,21,22);1H. The number of hydrogen-bond acceptors (Lipinski definition) is 4. The topological polar surface area (TPSA) is 73.6 Å². The highest BCUT2D eigenvalue weighted by atomic mass is 35.5. The molecule has 1 aliphatic rings. The fraction of sp³-hybridized carbons (Fsp3) is 0.632. The quantitative estimate of drug-likeness (QED) is 0.773. The Kier molecular flexibility index (Phi) is 7.29. The Morgan fingerprint density at radius 2 is 2.00 bits per heavy atom. The lowest BCUT2D eigenvalue weighted by molar-refractivity contribution is -0.170. The molecule has 1 aromatic carbocycles. The number of nitrogens with two attached hydrogens (primary N) is 1. The highest BCUT2D eigenvalue weighted by molar-refractivity contribution is 5.88. The van der Waals surface area contributed by atoms with E-state index in [2.05, 4.69) is 5.32 Å². The number of carbonyl (C=O) groups is 1. The van der Waals surface area contributed by atoms with Crippen molar-refractivity contribution in [1.82, 2.24) is 5.32 Å². The highest BCUT2D eigenvalue weighted by Crippen LogP contribution is 2.49. The average molecular weight is 371 g/mol. The molecule has 1 aliphatic carbocycles. The Hall–Kier alpha value is -1.30. The van der Waals surface area contributed by atoms with Crippen LogP contribution in [0.2, 0.25) is 0 Å². The molecule has 142 valence electrons. The van der Waals surface area contributed by atoms with Crippen molar-refractivity contribution in [3.8, 4) is 5.75 Å². The fourth-order valence-electron chi connectivity index (χ4n) is 3.25. The van der Waals surface area contributed by atoms with Crippen LogP contribution in [0.3, 0.4) is 0 Å². The third-order valence-corrected chi connectivity index (χ3v) is 5.20. The molecule has 2 rings (SSSR count). The Bertz CT molecular complexity index is 606. The lowest BCUT2D eigenvalue weighted by Gasteiger charge is -2.57. The second kappa shape index (κ2) is 8.39. The Morgan fingerprint density at radius 1 is 1.32 bits per heavy atom. The molecule has 1 fully saturated rings. The minimum Gasteiger partial charge on any atom is -0.494 e. The minimum atomic E-state index is -0.899. The van der Waals surface area contributed by atoms with E-state index in [0.717, 1.165) is 16.9 Å². The van der Waals surface area contributed by atoms with E-state index in [0.29, 0.717) is 26.2 Å². The van der Waals surface area contributed by atoms with Gasteiger partial charge in [0.2, 0.25) is 5.91 Å². The van der Waals surface area contributed by atoms with Crippen LogP contribution in [-0.4, -0.2) is 30.8 Å². The van der Waals surface area contributed by atoms with Gasteiger partial charge in [-0.1, -0.05) is 26.0 Å². The molecule has 1 saturated carbocycles. The van der Waals surface area contributed by atoms with E-state index in [1.807, 2.05) is 52.8 Å². The molecule has 0 aliphatic heterocycles. The summed E-state index contributed by atoms with van der Waals surface area (Å²) in [5.41, 5.74) is 7.21. The highest BCUT2D eigenvalue weighted by Gasteiger charge is 2.62. The number of carbonyl (C=O) groups excluding carboxylic acids is 1. The van der Waals surface area contributed by atoms with Gasteiger partial charge in [0.05, 0.1) is 12.7 Å². The molecule has 5 nitrogen and oxygen atoms in total. The number of nitrogens with one attached hydrogen (secondary N) is 1. The molecule has 0 bridgehead atoms. The second-order valence-corrected chi connectivity index (χ2v) is 7.07. The summed E-state index contributed by atoms with van der Waals surface area (Å²) in [6.07, 6.45) is 0.572. The van der Waals surface area contributed by atoms with Crippen LogP contribution in [0.5, 0.6) is 5.75 Å². The van der Waals surface area contributed by atoms with E-state index < -0.39 is 5.54 Å². The second-order valence-electron chi connectivity index (χ2n) is 7.07. The van der Waals surface area contributed by atoms with Crippen molar-refractivity contribution in [2.24, 2.45) is 11.1 Å². The van der Waals surface area contributed by atoms with Crippen LogP contribution >= 0.6 is 12.4 Å². The van der Waals surface area contributed by atoms with Gasteiger partial charge in [-0.3, -0.25) is 4.79 Å². The van der Waals surface area contributed by atoms with Gasteiger partial charge in [0.15, 0.2) is 0 Å². The minimum absolute atomic E-state index is 0. The molecule has 1 aromatic rings. The first-order chi connectivity index (χ1) is 11.3. The zero-order valence-corrected chi connectivity index (χ0v) is 16.7. The maximum absolute atomic E-state index is 12.7. The predicted octanol–water partition coefficient (Wildman–Crippen LogP) is 2.96. The first-order valence-corrected chi connectivity index (χ1v) is 8.67. The van der Waals surface area contributed by atoms with E-state index in [1.54, 1.807) is 0 Å². The van der Waals surface area contributed by atoms with Crippen LogP contribution in [0.15, 0.2) is 18.2 Å². The van der Waals surface area contributed by atoms with Gasteiger partial charge in [-0.05, 0) is 32.4 Å². The van der Waals surface area contributed by atoms with Gasteiger partial charge in [-0.2, -0.15) is 0 Å². The third kappa shape index (κ3) is 4.10. The van der Waals surface area contributed by atoms with Crippen molar-refractivity contribution >= 4 is 18.3 Å². The summed E-state index contributed by atoms with van der Waals surface area (Å²) < 4.78 is 11.3. The van der Waals surface area contributed by atoms with Gasteiger partial charge in [0.25, 0.3) is 0 Å². The number of ether oxygens (including phenoxy) is 2. The number of hydrogen-bond donors (Lipinski definition) is 2. The monoisotopic (exact) mass is 370 g/mol. The summed E-state index contributed by atoms with van der Waals surface area (Å²) in [5, 5.41) is 2.98. The largest absolute Gasteiger partial charge is 0.494 e. The van der Waals surface area contributed by atoms with Gasteiger partial charge in [0.1, 0.15) is 11.3 Å². The van der Waals surface area contributed by atoms with E-state index in [9.17, 15) is 4.79 Å². The van der Waals surface area contributed by atoms with Crippen LogP contribution in [0.1, 0.15) is 45.2 Å². The average Bonchev–Trinajstić information content (AvgIpc) is 2.53. The number of rotatable bonds is 7. The Balaban J connectivity index is 0.00000312. The summed E-state index contributed by atoms with van der Waals surface area (Å²) >= 11 is 0. The molecule has 2 atom stereocenters. The summed E-state index contributed by atoms with van der Waals surface area (Å²) in [6, 6.07) is 5.99. The summed E-state index contributed by atoms with van der Waals surface area (Å²) in [6.45, 7) is 11.5. The molecule has 3 N–H and O–H groups in total. The smallest absolute Gasteiger partial charge is 0.241 e. The normalized spacial score (nSPS) is 24.0. The van der Waals surface area contributed by atoms with Crippen LogP contribution in [0.25, 0.3) is 0 Å². The summed E-state index contributed by atoms with van der Waals surface area (Å²) in [5.74, 6) is 0.676. The molecule has 1 amide bonds. The van der Waals surface area contributed by atoms with Crippen molar-refractivity contribution < 1.29 is 14.3 Å². The summed E-state index contributed by atoms with van der Waals surface area (Å²) in [7, 11) is 0. The zero-order valence-electron chi connectivity index (χ0n) is 15.8. The van der Waals surface area contributed by atoms with Gasteiger partial charge in [0, 0.05) is 30.6 Å². The fourth-order valence-corrected chi connectivity index (χ4v) is 3.25. The molecule has 2 unspecified atom stereocenters.